The van der Waals surface area contributed by atoms with E-state index in [9.17, 15) is 4.39 Å². The first-order valence-electron chi connectivity index (χ1n) is 5.87. The van der Waals surface area contributed by atoms with Gasteiger partial charge in [0.1, 0.15) is 5.82 Å². The number of rotatable bonds is 1. The summed E-state index contributed by atoms with van der Waals surface area (Å²) in [6.45, 7) is 1.44. The van der Waals surface area contributed by atoms with E-state index in [1.807, 2.05) is 27.2 Å². The number of nitrogens with zero attached hydrogens (tertiary/aromatic N) is 2. The van der Waals surface area contributed by atoms with Crippen LogP contribution in [0.4, 0.5) is 10.3 Å². The molecule has 0 bridgehead atoms. The van der Waals surface area contributed by atoms with Crippen molar-refractivity contribution in [3.63, 3.8) is 0 Å². The normalized spacial score (nSPS) is 17.4. The molecule has 2 heterocycles. The Hall–Kier alpha value is -0.890. The molecule has 1 aromatic heterocycles. The Morgan fingerprint density at radius 2 is 2.11 bits per heavy atom. The number of fused-ring (bicyclic) bond motifs is 1. The van der Waals surface area contributed by atoms with Gasteiger partial charge in [-0.2, -0.15) is 0 Å². The van der Waals surface area contributed by atoms with Gasteiger partial charge in [0.2, 0.25) is 5.95 Å². The van der Waals surface area contributed by atoms with Crippen molar-refractivity contribution in [3.8, 4) is 0 Å². The van der Waals surface area contributed by atoms with Gasteiger partial charge in [-0.25, -0.2) is 9.37 Å². The van der Waals surface area contributed by atoms with E-state index in [4.69, 9.17) is 10.5 Å². The van der Waals surface area contributed by atoms with Gasteiger partial charge in [0.25, 0.3) is 0 Å². The first kappa shape index (κ1) is 12.2. The predicted molar refractivity (Wildman–Crippen MR) is 75.9 cm³/mol. The summed E-state index contributed by atoms with van der Waals surface area (Å²) in [4.78, 5) is 4.32. The molecule has 96 valence electrons. The van der Waals surface area contributed by atoms with Crippen molar-refractivity contribution in [2.75, 3.05) is 18.9 Å². The number of ether oxygens (including phenoxy) is 1. The van der Waals surface area contributed by atoms with Gasteiger partial charge < -0.3 is 15.0 Å². The first-order chi connectivity index (χ1) is 8.66. The third-order valence-electron chi connectivity index (χ3n) is 3.31. The Labute approximate surface area is 117 Å². The van der Waals surface area contributed by atoms with Crippen molar-refractivity contribution in [1.29, 1.82) is 0 Å². The lowest BCUT2D eigenvalue weighted by molar-refractivity contribution is 0.0711. The average Bonchev–Trinajstić information content (AvgIpc) is 2.66. The minimum Gasteiger partial charge on any atom is -0.381 e. The van der Waals surface area contributed by atoms with Crippen LogP contribution < -0.4 is 5.73 Å². The highest BCUT2D eigenvalue weighted by Crippen LogP contribution is 2.30. The van der Waals surface area contributed by atoms with Gasteiger partial charge in [0.05, 0.1) is 14.6 Å². The van der Waals surface area contributed by atoms with Crippen LogP contribution in [0, 0.1) is 9.39 Å². The van der Waals surface area contributed by atoms with Crippen molar-refractivity contribution in [1.82, 2.24) is 9.55 Å². The molecular formula is C12H13FIN3O. The van der Waals surface area contributed by atoms with Crippen LogP contribution in [0.3, 0.4) is 0 Å². The monoisotopic (exact) mass is 361 g/mol. The molecule has 6 heteroatoms. The van der Waals surface area contributed by atoms with Crippen LogP contribution in [-0.4, -0.2) is 22.8 Å². The molecule has 18 heavy (non-hydrogen) atoms. The zero-order valence-corrected chi connectivity index (χ0v) is 11.9. The molecule has 1 fully saturated rings. The fraction of sp³-hybridized carbons (Fsp3) is 0.417. The number of halogens is 2. The molecule has 0 aliphatic carbocycles. The van der Waals surface area contributed by atoms with Gasteiger partial charge in [0, 0.05) is 25.3 Å². The summed E-state index contributed by atoms with van der Waals surface area (Å²) >= 11 is 1.96. The second-order valence-electron chi connectivity index (χ2n) is 4.44. The standard InChI is InChI=1S/C12H13FIN3O/c13-8-5-11-10(6-9(8)14)16-12(15)17(11)7-1-3-18-4-2-7/h5-7H,1-4H2,(H2,15,16). The largest absolute Gasteiger partial charge is 0.381 e. The molecule has 0 atom stereocenters. The second kappa shape index (κ2) is 4.65. The molecule has 4 nitrogen and oxygen atoms in total. The summed E-state index contributed by atoms with van der Waals surface area (Å²) in [7, 11) is 0. The van der Waals surface area contributed by atoms with Crippen molar-refractivity contribution < 1.29 is 9.13 Å². The molecular weight excluding hydrogens is 348 g/mol. The highest BCUT2D eigenvalue weighted by molar-refractivity contribution is 14.1. The number of hydrogen-bond donors (Lipinski definition) is 1. The molecule has 1 aromatic carbocycles. The smallest absolute Gasteiger partial charge is 0.201 e. The van der Waals surface area contributed by atoms with E-state index in [1.54, 1.807) is 6.07 Å². The Morgan fingerprint density at radius 1 is 1.39 bits per heavy atom. The van der Waals surface area contributed by atoms with Crippen molar-refractivity contribution in [2.45, 2.75) is 18.9 Å². The van der Waals surface area contributed by atoms with Crippen LogP contribution in [0.25, 0.3) is 11.0 Å². The Kier molecular flexibility index (Phi) is 3.14. The lowest BCUT2D eigenvalue weighted by Gasteiger charge is -2.24. The topological polar surface area (TPSA) is 53.1 Å². The fourth-order valence-electron chi connectivity index (χ4n) is 2.44. The maximum atomic E-state index is 13.7. The molecule has 0 saturated carbocycles. The molecule has 1 aliphatic heterocycles. The zero-order valence-electron chi connectivity index (χ0n) is 9.70. The minimum absolute atomic E-state index is 0.226. The first-order valence-corrected chi connectivity index (χ1v) is 6.95. The van der Waals surface area contributed by atoms with E-state index >= 15 is 0 Å². The summed E-state index contributed by atoms with van der Waals surface area (Å²) in [5.41, 5.74) is 7.50. The van der Waals surface area contributed by atoms with Crippen LogP contribution in [0.1, 0.15) is 18.9 Å². The quantitative estimate of drug-likeness (QED) is 0.795. The predicted octanol–water partition coefficient (Wildman–Crippen LogP) is 2.71. The number of anilines is 1. The Morgan fingerprint density at radius 3 is 2.83 bits per heavy atom. The van der Waals surface area contributed by atoms with E-state index in [1.165, 1.54) is 6.07 Å². The number of benzene rings is 1. The summed E-state index contributed by atoms with van der Waals surface area (Å²) < 4.78 is 21.5. The Bertz CT molecular complexity index is 593. The number of aromatic nitrogens is 2. The van der Waals surface area contributed by atoms with Gasteiger partial charge >= 0.3 is 0 Å². The van der Waals surface area contributed by atoms with E-state index in [0.29, 0.717) is 9.52 Å². The van der Waals surface area contributed by atoms with Crippen molar-refractivity contribution in [3.05, 3.63) is 21.5 Å². The lowest BCUT2D eigenvalue weighted by atomic mass is 10.1. The SMILES string of the molecule is Nc1nc2cc(I)c(F)cc2n1C1CCOCC1. The maximum absolute atomic E-state index is 13.7. The summed E-state index contributed by atoms with van der Waals surface area (Å²) in [6, 6.07) is 3.51. The molecule has 0 unspecified atom stereocenters. The maximum Gasteiger partial charge on any atom is 0.201 e. The number of nitrogens with two attached hydrogens (primary N) is 1. The number of imidazole rings is 1. The van der Waals surface area contributed by atoms with Crippen LogP contribution >= 0.6 is 22.6 Å². The minimum atomic E-state index is -0.226. The molecule has 2 N–H and O–H groups in total. The molecule has 2 aromatic rings. The van der Waals surface area contributed by atoms with Crippen LogP contribution in [-0.2, 0) is 4.74 Å². The van der Waals surface area contributed by atoms with E-state index in [-0.39, 0.29) is 11.9 Å². The fourth-order valence-corrected chi connectivity index (χ4v) is 2.89. The summed E-state index contributed by atoms with van der Waals surface area (Å²) in [6.07, 6.45) is 1.78. The molecule has 0 radical (unpaired) electrons. The second-order valence-corrected chi connectivity index (χ2v) is 5.60. The number of hydrogen-bond acceptors (Lipinski definition) is 3. The zero-order chi connectivity index (χ0) is 12.7. The van der Waals surface area contributed by atoms with Crippen molar-refractivity contribution >= 4 is 39.6 Å². The van der Waals surface area contributed by atoms with Crippen LogP contribution in [0.5, 0.6) is 0 Å². The molecule has 3 rings (SSSR count). The van der Waals surface area contributed by atoms with Crippen LogP contribution in [0.15, 0.2) is 12.1 Å². The molecule has 1 aliphatic rings. The van der Waals surface area contributed by atoms with E-state index in [2.05, 4.69) is 4.98 Å². The molecule has 0 amide bonds. The van der Waals surface area contributed by atoms with E-state index < -0.39 is 0 Å². The molecule has 1 saturated heterocycles. The summed E-state index contributed by atoms with van der Waals surface area (Å²) in [5.74, 6) is 0.231. The van der Waals surface area contributed by atoms with E-state index in [0.717, 1.165) is 37.1 Å². The molecule has 0 spiro atoms. The van der Waals surface area contributed by atoms with Gasteiger partial charge in [-0.05, 0) is 41.5 Å². The third-order valence-corrected chi connectivity index (χ3v) is 4.14. The lowest BCUT2D eigenvalue weighted by Crippen LogP contribution is -2.20. The van der Waals surface area contributed by atoms with Gasteiger partial charge in [0.15, 0.2) is 0 Å². The average molecular weight is 361 g/mol. The summed E-state index contributed by atoms with van der Waals surface area (Å²) in [5, 5.41) is 0. The Balaban J connectivity index is 2.15. The van der Waals surface area contributed by atoms with Gasteiger partial charge in [-0.15, -0.1) is 0 Å². The number of nitrogen functional groups attached to an aromatic ring is 1. The van der Waals surface area contributed by atoms with Gasteiger partial charge in [-0.1, -0.05) is 0 Å². The van der Waals surface area contributed by atoms with Crippen molar-refractivity contribution in [2.24, 2.45) is 0 Å². The third kappa shape index (κ3) is 1.97. The van der Waals surface area contributed by atoms with Crippen LogP contribution in [0.2, 0.25) is 0 Å². The highest BCUT2D eigenvalue weighted by atomic mass is 127. The highest BCUT2D eigenvalue weighted by Gasteiger charge is 2.21. The van der Waals surface area contributed by atoms with Gasteiger partial charge in [-0.3, -0.25) is 0 Å².